The SMILES string of the molecule is NC(=O)[C@H](Cc1c[nH]c2ccccc12)NC(=O)C1CCNC(=O)CC[C@H](NC(=O)Cc2ccccc2)C(=O)N[C@@H](Cc2cnc[nH]2)C(=O)N[C@H](CCc2ccccc2)C(=O)N[C@@H](CCCN=C(N)N)C(=O)N1. The molecule has 15 N–H and O–H groups in total. The highest BCUT2D eigenvalue weighted by molar-refractivity contribution is 5.97. The number of nitrogens with one attached hydrogen (secondary N) is 9. The molecular weight excluding hydrogens is 925 g/mol. The average molecular weight is 987 g/mol. The predicted molar refractivity (Wildman–Crippen MR) is 267 cm³/mol. The number of aryl methyl sites for hydroxylation is 1. The molecule has 3 aromatic carbocycles. The Balaban J connectivity index is 1.32. The highest BCUT2D eigenvalue weighted by Crippen LogP contribution is 2.19. The summed E-state index contributed by atoms with van der Waals surface area (Å²) in [7, 11) is 0. The second-order valence-electron chi connectivity index (χ2n) is 17.5. The number of amides is 8. The molecule has 1 saturated heterocycles. The van der Waals surface area contributed by atoms with Crippen molar-refractivity contribution in [3.63, 3.8) is 0 Å². The molecule has 2 aromatic heterocycles. The highest BCUT2D eigenvalue weighted by atomic mass is 16.2. The van der Waals surface area contributed by atoms with Gasteiger partial charge in [-0.3, -0.25) is 43.3 Å². The molecule has 1 unspecified atom stereocenters. The minimum absolute atomic E-state index is 0.00142. The van der Waals surface area contributed by atoms with Crippen molar-refractivity contribution in [1.29, 1.82) is 0 Å². The lowest BCUT2D eigenvalue weighted by Crippen LogP contribution is -2.60. The fourth-order valence-electron chi connectivity index (χ4n) is 8.21. The second-order valence-corrected chi connectivity index (χ2v) is 17.5. The number of hydrogen-bond acceptors (Lipinski definition) is 10. The predicted octanol–water partition coefficient (Wildman–Crippen LogP) is -0.700. The molecule has 0 saturated carbocycles. The molecule has 22 heteroatoms. The van der Waals surface area contributed by atoms with Crippen LogP contribution in [-0.2, 0) is 64.0 Å². The summed E-state index contributed by atoms with van der Waals surface area (Å²) in [6.45, 7) is -0.116. The van der Waals surface area contributed by atoms with Crippen LogP contribution in [0.1, 0.15) is 60.9 Å². The van der Waals surface area contributed by atoms with Gasteiger partial charge in [-0.05, 0) is 61.3 Å². The number of H-pyrrole nitrogens is 2. The molecule has 0 radical (unpaired) electrons. The Kier molecular flexibility index (Phi) is 19.4. The number of imidazole rings is 1. The van der Waals surface area contributed by atoms with Crippen LogP contribution in [0.3, 0.4) is 0 Å². The van der Waals surface area contributed by atoms with Crippen molar-refractivity contribution < 1.29 is 38.4 Å². The second kappa shape index (κ2) is 26.4. The number of nitrogens with two attached hydrogens (primary N) is 3. The molecule has 1 aliphatic heterocycles. The van der Waals surface area contributed by atoms with Gasteiger partial charge in [0.2, 0.25) is 47.3 Å². The number of carbonyl (C=O) groups excluding carboxylic acids is 8. The quantitative estimate of drug-likeness (QED) is 0.0314. The van der Waals surface area contributed by atoms with E-state index in [1.807, 2.05) is 54.6 Å². The smallest absolute Gasteiger partial charge is 0.243 e. The Morgan fingerprint density at radius 3 is 2.08 bits per heavy atom. The number of aliphatic imine (C=N–C) groups is 1. The summed E-state index contributed by atoms with van der Waals surface area (Å²) in [6, 6.07) is 17.4. The van der Waals surface area contributed by atoms with E-state index in [1.165, 1.54) is 12.5 Å². The number of aromatic amines is 2. The van der Waals surface area contributed by atoms with Gasteiger partial charge in [-0.1, -0.05) is 78.9 Å². The number of rotatable bonds is 17. The average Bonchev–Trinajstić information content (AvgIpc) is 4.04. The van der Waals surface area contributed by atoms with E-state index in [0.29, 0.717) is 23.2 Å². The molecule has 1 aliphatic rings. The van der Waals surface area contributed by atoms with Crippen molar-refractivity contribution in [1.82, 2.24) is 52.2 Å². The monoisotopic (exact) mass is 986 g/mol. The lowest BCUT2D eigenvalue weighted by Gasteiger charge is -2.27. The molecule has 6 atom stereocenters. The summed E-state index contributed by atoms with van der Waals surface area (Å²) in [5.74, 6) is -6.08. The highest BCUT2D eigenvalue weighted by Gasteiger charge is 2.34. The summed E-state index contributed by atoms with van der Waals surface area (Å²) >= 11 is 0. The number of benzene rings is 3. The van der Waals surface area contributed by atoms with E-state index in [4.69, 9.17) is 17.2 Å². The third-order valence-corrected chi connectivity index (χ3v) is 12.1. The van der Waals surface area contributed by atoms with E-state index >= 15 is 0 Å². The molecular formula is C50H62N14O8. The Bertz CT molecular complexity index is 2670. The maximum atomic E-state index is 14.5. The number of fused-ring (bicyclic) bond motifs is 1. The van der Waals surface area contributed by atoms with Crippen molar-refractivity contribution in [2.45, 2.75) is 100 Å². The Morgan fingerprint density at radius 2 is 1.39 bits per heavy atom. The summed E-state index contributed by atoms with van der Waals surface area (Å²) in [4.78, 5) is 126. The molecule has 8 amide bonds. The summed E-state index contributed by atoms with van der Waals surface area (Å²) in [5, 5.41) is 19.9. The van der Waals surface area contributed by atoms with Crippen molar-refractivity contribution in [3.8, 4) is 0 Å². The largest absolute Gasteiger partial charge is 0.370 e. The first-order valence-electron chi connectivity index (χ1n) is 23.7. The zero-order valence-electron chi connectivity index (χ0n) is 39.7. The number of hydrogen-bond donors (Lipinski definition) is 12. The van der Waals surface area contributed by atoms with Gasteiger partial charge in [0.05, 0.1) is 12.7 Å². The Labute approximate surface area is 415 Å². The summed E-state index contributed by atoms with van der Waals surface area (Å²) in [6.07, 6.45) is 4.12. The Morgan fingerprint density at radius 1 is 0.736 bits per heavy atom. The minimum atomic E-state index is -1.41. The molecule has 0 spiro atoms. The standard InChI is InChI=1S/C50H62N14O8/c51-44(67)40(25-32-27-57-35-15-8-7-14-34(32)35)63-48(71)39-21-23-55-42(65)20-19-37(59-43(66)24-31-12-5-2-6-13-31)46(69)64-41(26-33-28-54-29-58-33)49(72)61-38(18-17-30-10-3-1-4-11-30)47(70)60-36(45(68)62-39)16-9-22-56-50(52)53/h1-8,10-15,27-29,36-41,57H,9,16-26H2,(H2,51,67)(H,54,58)(H,55,65)(H,59,66)(H,60,70)(H,61,72)(H,62,68)(H,63,71)(H,64,69)(H4,52,53,56)/t36-,37-,38+,39?,40-,41-/m0/s1. The van der Waals surface area contributed by atoms with Crippen LogP contribution in [0.15, 0.2) is 109 Å². The number of para-hydroxylation sites is 1. The lowest BCUT2D eigenvalue weighted by atomic mass is 10.0. The van der Waals surface area contributed by atoms with Gasteiger partial charge in [-0.25, -0.2) is 4.98 Å². The van der Waals surface area contributed by atoms with Gasteiger partial charge >= 0.3 is 0 Å². The van der Waals surface area contributed by atoms with Gasteiger partial charge in [-0.2, -0.15) is 0 Å². The number of carbonyl (C=O) groups is 8. The fraction of sp³-hybridized carbons (Fsp3) is 0.360. The van der Waals surface area contributed by atoms with Crippen LogP contribution in [0.4, 0.5) is 0 Å². The first-order valence-corrected chi connectivity index (χ1v) is 23.7. The Hall–Kier alpha value is -8.56. The number of guanidine groups is 1. The molecule has 0 bridgehead atoms. The van der Waals surface area contributed by atoms with Gasteiger partial charge in [0.25, 0.3) is 0 Å². The number of aromatic nitrogens is 3. The normalized spacial score (nSPS) is 19.9. The third-order valence-electron chi connectivity index (χ3n) is 12.1. The molecule has 0 aliphatic carbocycles. The molecule has 1 fully saturated rings. The maximum absolute atomic E-state index is 14.5. The van der Waals surface area contributed by atoms with Crippen molar-refractivity contribution >= 4 is 64.1 Å². The van der Waals surface area contributed by atoms with Crippen LogP contribution in [0.25, 0.3) is 10.9 Å². The zero-order valence-corrected chi connectivity index (χ0v) is 39.7. The van der Waals surface area contributed by atoms with E-state index in [-0.39, 0.29) is 76.8 Å². The van der Waals surface area contributed by atoms with Crippen LogP contribution in [0, 0.1) is 0 Å². The van der Waals surface area contributed by atoms with Gasteiger partial charge in [0, 0.05) is 61.3 Å². The van der Waals surface area contributed by atoms with E-state index in [9.17, 15) is 38.4 Å². The van der Waals surface area contributed by atoms with Gasteiger partial charge in [0.15, 0.2) is 5.96 Å². The summed E-state index contributed by atoms with van der Waals surface area (Å²) < 4.78 is 0. The van der Waals surface area contributed by atoms with Crippen molar-refractivity contribution in [2.24, 2.45) is 22.2 Å². The first kappa shape index (κ1) is 52.8. The lowest BCUT2D eigenvalue weighted by molar-refractivity contribution is -0.135. The summed E-state index contributed by atoms with van der Waals surface area (Å²) in [5.41, 5.74) is 20.4. The topological polar surface area (TPSA) is 356 Å². The van der Waals surface area contributed by atoms with Crippen LogP contribution < -0.4 is 54.4 Å². The van der Waals surface area contributed by atoms with Gasteiger partial charge < -0.3 is 64.4 Å². The van der Waals surface area contributed by atoms with Gasteiger partial charge in [-0.15, -0.1) is 0 Å². The van der Waals surface area contributed by atoms with Crippen LogP contribution in [0.2, 0.25) is 0 Å². The molecule has 6 rings (SSSR count). The van der Waals surface area contributed by atoms with E-state index in [2.05, 4.69) is 57.2 Å². The van der Waals surface area contributed by atoms with Crippen molar-refractivity contribution in [3.05, 3.63) is 126 Å². The zero-order chi connectivity index (χ0) is 51.4. The minimum Gasteiger partial charge on any atom is -0.370 e. The van der Waals surface area contributed by atoms with E-state index in [1.54, 1.807) is 36.5 Å². The molecule has 380 valence electrons. The van der Waals surface area contributed by atoms with Crippen LogP contribution >= 0.6 is 0 Å². The third kappa shape index (κ3) is 16.3. The molecule has 3 heterocycles. The molecule has 72 heavy (non-hydrogen) atoms. The molecule has 22 nitrogen and oxygen atoms in total. The van der Waals surface area contributed by atoms with E-state index in [0.717, 1.165) is 16.5 Å². The van der Waals surface area contributed by atoms with Gasteiger partial charge in [0.1, 0.15) is 36.3 Å². The number of primary amides is 1. The first-order chi connectivity index (χ1) is 34.7. The fourth-order valence-corrected chi connectivity index (χ4v) is 8.21. The number of nitrogens with zero attached hydrogens (tertiary/aromatic N) is 2. The van der Waals surface area contributed by atoms with E-state index < -0.39 is 83.5 Å². The van der Waals surface area contributed by atoms with Crippen molar-refractivity contribution in [2.75, 3.05) is 13.1 Å². The van der Waals surface area contributed by atoms with Crippen LogP contribution in [-0.4, -0.2) is 118 Å². The van der Waals surface area contributed by atoms with Crippen LogP contribution in [0.5, 0.6) is 0 Å². The maximum Gasteiger partial charge on any atom is 0.243 e. The molecule has 5 aromatic rings.